The Hall–Kier alpha value is -4.04. The molecule has 2 aliphatic rings. The van der Waals surface area contributed by atoms with Gasteiger partial charge in [0, 0.05) is 99.7 Å². The fraction of sp³-hybridized carbons (Fsp3) is 0.429. The van der Waals surface area contributed by atoms with Crippen LogP contribution in [0, 0.1) is 0 Å². The molecule has 0 spiro atoms. The molecule has 0 saturated heterocycles. The summed E-state index contributed by atoms with van der Waals surface area (Å²) in [6.07, 6.45) is 2.64. The molecular formula is C35H46N3O5+. The summed E-state index contributed by atoms with van der Waals surface area (Å²) < 4.78 is 25.7. The predicted octanol–water partition coefficient (Wildman–Crippen LogP) is 5.92. The highest BCUT2D eigenvalue weighted by Crippen LogP contribution is 2.47. The second-order valence-electron chi connectivity index (χ2n) is 11.2. The van der Waals surface area contributed by atoms with E-state index in [9.17, 15) is 4.79 Å². The highest BCUT2D eigenvalue weighted by Gasteiger charge is 2.24. The van der Waals surface area contributed by atoms with Crippen molar-refractivity contribution in [1.82, 2.24) is 4.58 Å². The molecule has 2 aromatic carbocycles. The van der Waals surface area contributed by atoms with Gasteiger partial charge in [0.25, 0.3) is 0 Å². The number of methoxy groups -OCH3 is 3. The fourth-order valence-electron chi connectivity index (χ4n) is 5.49. The maximum absolute atomic E-state index is 12.3. The van der Waals surface area contributed by atoms with E-state index < -0.39 is 0 Å². The van der Waals surface area contributed by atoms with Gasteiger partial charge in [0.05, 0.1) is 26.0 Å². The van der Waals surface area contributed by atoms with Crippen molar-refractivity contribution < 1.29 is 23.4 Å². The van der Waals surface area contributed by atoms with Crippen LogP contribution >= 0.6 is 0 Å². The van der Waals surface area contributed by atoms with E-state index in [2.05, 4.69) is 69.8 Å². The number of carbonyl (C=O) groups excluding carboxylic acids is 1. The van der Waals surface area contributed by atoms with Crippen LogP contribution in [0.25, 0.3) is 33.4 Å². The van der Waals surface area contributed by atoms with Crippen LogP contribution in [0.5, 0.6) is 11.5 Å². The van der Waals surface area contributed by atoms with Gasteiger partial charge in [-0.3, -0.25) is 4.79 Å². The molecule has 1 heterocycles. The van der Waals surface area contributed by atoms with Crippen LogP contribution in [-0.2, 0) is 9.53 Å². The van der Waals surface area contributed by atoms with Gasteiger partial charge >= 0.3 is 0 Å². The van der Waals surface area contributed by atoms with E-state index >= 15 is 0 Å². The first-order valence-corrected chi connectivity index (χ1v) is 14.9. The number of anilines is 2. The third kappa shape index (κ3) is 7.13. The third-order valence-corrected chi connectivity index (χ3v) is 7.90. The lowest BCUT2D eigenvalue weighted by molar-refractivity contribution is -0.119. The second-order valence-corrected chi connectivity index (χ2v) is 11.2. The van der Waals surface area contributed by atoms with E-state index in [1.54, 1.807) is 21.3 Å². The minimum Gasteiger partial charge on any atom is -0.496 e. The Morgan fingerprint density at radius 2 is 1.63 bits per heavy atom. The normalized spacial score (nSPS) is 11.2. The van der Waals surface area contributed by atoms with Gasteiger partial charge in [0.15, 0.2) is 0 Å². The molecule has 43 heavy (non-hydrogen) atoms. The van der Waals surface area contributed by atoms with Gasteiger partial charge in [0.2, 0.25) is 5.36 Å². The number of hydrogen-bond donors (Lipinski definition) is 0. The van der Waals surface area contributed by atoms with Crippen LogP contribution < -0.4 is 29.2 Å². The molecule has 8 heteroatoms. The maximum atomic E-state index is 12.3. The number of ketones is 1. The number of nitrogens with zero attached hydrogens (tertiary/aromatic N) is 3. The summed E-state index contributed by atoms with van der Waals surface area (Å²) in [7, 11) is 13.2. The molecule has 0 amide bonds. The van der Waals surface area contributed by atoms with Crippen molar-refractivity contribution >= 4 is 28.1 Å². The standard InChI is InChI=1S/C35H46N3O5/c1-9-38(18-10-12-26(39)13-11-19-40-6)30-23-31(41-7)29(22-34(30)42-8)35-27-16-14-24(36(2)3)20-32(27)43-33-21-25(37(4)5)15-17-28(33)35/h14-17,20-23H,9-13,18-19H2,1-8H3/q+1. The van der Waals surface area contributed by atoms with Gasteiger partial charge in [-0.2, -0.15) is 0 Å². The van der Waals surface area contributed by atoms with E-state index in [0.29, 0.717) is 19.4 Å². The van der Waals surface area contributed by atoms with Crippen LogP contribution in [0.3, 0.4) is 0 Å². The zero-order valence-corrected chi connectivity index (χ0v) is 27.0. The average molecular weight is 589 g/mol. The molecule has 0 N–H and O–H groups in total. The Morgan fingerprint density at radius 3 is 2.28 bits per heavy atom. The number of carbonyl (C=O) groups is 1. The molecule has 0 atom stereocenters. The Labute approximate surface area is 255 Å². The topological polar surface area (TPSA) is 67.4 Å². The van der Waals surface area contributed by atoms with Crippen molar-refractivity contribution in [3.8, 4) is 33.9 Å². The fourth-order valence-corrected chi connectivity index (χ4v) is 5.49. The van der Waals surface area contributed by atoms with Gasteiger partial charge in [-0.25, -0.2) is 4.58 Å². The zero-order chi connectivity index (χ0) is 31.1. The Kier molecular flexibility index (Phi) is 10.7. The van der Waals surface area contributed by atoms with Gasteiger partial charge < -0.3 is 28.4 Å². The first kappa shape index (κ1) is 31.9. The lowest BCUT2D eigenvalue weighted by Crippen LogP contribution is -2.25. The molecule has 0 bridgehead atoms. The van der Waals surface area contributed by atoms with Crippen LogP contribution in [0.2, 0.25) is 0 Å². The number of fused-ring (bicyclic) bond motifs is 2. The van der Waals surface area contributed by atoms with Crippen LogP contribution in [0.15, 0.2) is 52.9 Å². The van der Waals surface area contributed by atoms with Crippen LogP contribution in [0.4, 0.5) is 11.4 Å². The molecule has 230 valence electrons. The minimum absolute atomic E-state index is 0.274. The van der Waals surface area contributed by atoms with Crippen molar-refractivity contribution in [2.45, 2.75) is 32.6 Å². The van der Waals surface area contributed by atoms with E-state index in [-0.39, 0.29) is 5.78 Å². The predicted molar refractivity (Wildman–Crippen MR) is 176 cm³/mol. The molecule has 1 aliphatic heterocycles. The largest absolute Gasteiger partial charge is 0.496 e. The van der Waals surface area contributed by atoms with Crippen molar-refractivity contribution in [2.75, 3.05) is 79.0 Å². The summed E-state index contributed by atoms with van der Waals surface area (Å²) >= 11 is 0. The number of ether oxygens (including phenoxy) is 3. The van der Waals surface area contributed by atoms with E-state index in [0.717, 1.165) is 87.6 Å². The zero-order valence-electron chi connectivity index (χ0n) is 27.0. The Balaban J connectivity index is 1.83. The van der Waals surface area contributed by atoms with Crippen molar-refractivity contribution in [3.05, 3.63) is 53.9 Å². The second kappa shape index (κ2) is 14.4. The number of benzene rings is 3. The smallest absolute Gasteiger partial charge is 0.203 e. The molecule has 2 aromatic rings. The van der Waals surface area contributed by atoms with E-state index in [1.165, 1.54) is 0 Å². The molecule has 0 unspecified atom stereocenters. The first-order chi connectivity index (χ1) is 20.7. The molecule has 0 radical (unpaired) electrons. The van der Waals surface area contributed by atoms with Crippen molar-refractivity contribution in [1.29, 1.82) is 0 Å². The SMILES string of the molecule is CCN(CCCC(=O)CCCOC)c1cc(OC)c(-c2c3ccc(=[N+](C)C)cc-3oc3cc(N(C)C)ccc23)cc1OC. The number of rotatable bonds is 14. The minimum atomic E-state index is 0.274. The van der Waals surface area contributed by atoms with Crippen LogP contribution in [-0.4, -0.2) is 75.0 Å². The van der Waals surface area contributed by atoms with Crippen molar-refractivity contribution in [3.63, 3.8) is 0 Å². The lowest BCUT2D eigenvalue weighted by atomic mass is 9.92. The monoisotopic (exact) mass is 588 g/mol. The Morgan fingerprint density at radius 1 is 0.884 bits per heavy atom. The highest BCUT2D eigenvalue weighted by molar-refractivity contribution is 6.04. The first-order valence-electron chi connectivity index (χ1n) is 14.9. The molecular weight excluding hydrogens is 542 g/mol. The molecule has 0 aromatic heterocycles. The highest BCUT2D eigenvalue weighted by atomic mass is 16.5. The molecule has 0 saturated carbocycles. The maximum Gasteiger partial charge on any atom is 0.203 e. The summed E-state index contributed by atoms with van der Waals surface area (Å²) in [6, 6.07) is 16.7. The van der Waals surface area contributed by atoms with Gasteiger partial charge in [-0.05, 0) is 44.0 Å². The molecule has 8 nitrogen and oxygen atoms in total. The quantitative estimate of drug-likeness (QED) is 0.103. The van der Waals surface area contributed by atoms with Crippen LogP contribution in [0.1, 0.15) is 32.6 Å². The number of Topliss-reactive ketones (excluding diaryl/α,β-unsaturated/α-hetero) is 1. The summed E-state index contributed by atoms with van der Waals surface area (Å²) in [5.74, 6) is 2.56. The molecule has 0 fully saturated rings. The summed E-state index contributed by atoms with van der Waals surface area (Å²) in [6.45, 7) is 4.24. The third-order valence-electron chi connectivity index (χ3n) is 7.90. The summed E-state index contributed by atoms with van der Waals surface area (Å²) in [5, 5.41) is 2.05. The van der Waals surface area contributed by atoms with Gasteiger partial charge in [-0.15, -0.1) is 0 Å². The van der Waals surface area contributed by atoms with E-state index in [1.807, 2.05) is 28.2 Å². The lowest BCUT2D eigenvalue weighted by Gasteiger charge is -2.27. The number of hydrogen-bond acceptors (Lipinski definition) is 7. The molecule has 4 rings (SSSR count). The Bertz CT molecular complexity index is 1600. The van der Waals surface area contributed by atoms with Crippen molar-refractivity contribution in [2.24, 2.45) is 0 Å². The van der Waals surface area contributed by atoms with Gasteiger partial charge in [0.1, 0.15) is 42.7 Å². The van der Waals surface area contributed by atoms with Gasteiger partial charge in [-0.1, -0.05) is 0 Å². The summed E-state index contributed by atoms with van der Waals surface area (Å²) in [4.78, 5) is 16.7. The molecule has 1 aliphatic carbocycles. The average Bonchev–Trinajstić information content (AvgIpc) is 3.00. The van der Waals surface area contributed by atoms with E-state index in [4.69, 9.17) is 18.6 Å². The summed E-state index contributed by atoms with van der Waals surface area (Å²) in [5.41, 5.74) is 5.73.